The van der Waals surface area contributed by atoms with Gasteiger partial charge < -0.3 is 10.6 Å². The van der Waals surface area contributed by atoms with Gasteiger partial charge in [-0.15, -0.1) is 0 Å². The minimum absolute atomic E-state index is 0.264. The minimum Gasteiger partial charge on any atom is -0.396 e. The van der Waals surface area contributed by atoms with Gasteiger partial charge in [0.05, 0.1) is 5.69 Å². The van der Waals surface area contributed by atoms with Crippen LogP contribution in [0.15, 0.2) is 40.9 Å². The third kappa shape index (κ3) is 3.24. The Labute approximate surface area is 120 Å². The highest BCUT2D eigenvalue weighted by Crippen LogP contribution is 2.18. The number of rotatable bonds is 3. The Hall–Kier alpha value is -2.06. The average molecular weight is 317 g/mol. The van der Waals surface area contributed by atoms with Gasteiger partial charge in [0.2, 0.25) is 0 Å². The molecule has 5 heteroatoms. The fourth-order valence-electron chi connectivity index (χ4n) is 1.71. The molecule has 0 atom stereocenters. The lowest BCUT2D eigenvalue weighted by molar-refractivity contribution is 0.896. The summed E-state index contributed by atoms with van der Waals surface area (Å²) in [4.78, 5) is 6.21. The van der Waals surface area contributed by atoms with Crippen molar-refractivity contribution in [2.24, 2.45) is 0 Å². The van der Waals surface area contributed by atoms with Crippen LogP contribution in [0.1, 0.15) is 11.3 Å². The molecule has 2 N–H and O–H groups in total. The number of hydrogen-bond donors (Lipinski definition) is 1. The normalized spacial score (nSPS) is 9.95. The maximum absolute atomic E-state index is 8.93. The molecule has 1 aromatic heterocycles. The molecule has 0 spiro atoms. The molecular weight excluding hydrogens is 304 g/mol. The summed E-state index contributed by atoms with van der Waals surface area (Å²) < 4.78 is 1.05. The zero-order valence-corrected chi connectivity index (χ0v) is 12.1. The maximum atomic E-state index is 8.93. The largest absolute Gasteiger partial charge is 0.396 e. The van der Waals surface area contributed by atoms with E-state index in [1.54, 1.807) is 6.07 Å². The number of pyridine rings is 1. The number of anilines is 2. The van der Waals surface area contributed by atoms with Crippen LogP contribution in [0.5, 0.6) is 0 Å². The van der Waals surface area contributed by atoms with Gasteiger partial charge in [-0.1, -0.05) is 28.1 Å². The Morgan fingerprint density at radius 3 is 2.58 bits per heavy atom. The number of aromatic nitrogens is 1. The van der Waals surface area contributed by atoms with Crippen molar-refractivity contribution < 1.29 is 0 Å². The molecule has 0 saturated carbocycles. The molecule has 0 unspecified atom stereocenters. The molecule has 0 bridgehead atoms. The Morgan fingerprint density at radius 1 is 1.26 bits per heavy atom. The summed E-state index contributed by atoms with van der Waals surface area (Å²) in [6, 6.07) is 13.6. The summed E-state index contributed by atoms with van der Waals surface area (Å²) in [5.41, 5.74) is 7.50. The van der Waals surface area contributed by atoms with Crippen molar-refractivity contribution >= 4 is 27.4 Å². The second kappa shape index (κ2) is 5.72. The fraction of sp³-hybridized carbons (Fsp3) is 0.143. The molecule has 96 valence electrons. The first kappa shape index (κ1) is 13.4. The zero-order valence-electron chi connectivity index (χ0n) is 10.5. The smallest absolute Gasteiger partial charge is 0.165 e. The third-order valence-electron chi connectivity index (χ3n) is 2.74. The number of hydrogen-bond acceptors (Lipinski definition) is 4. The van der Waals surface area contributed by atoms with E-state index in [-0.39, 0.29) is 5.69 Å². The minimum atomic E-state index is 0.264. The summed E-state index contributed by atoms with van der Waals surface area (Å²) in [5, 5.41) is 8.93. The van der Waals surface area contributed by atoms with Gasteiger partial charge in [0.1, 0.15) is 11.9 Å². The second-order valence-corrected chi connectivity index (χ2v) is 5.12. The molecular formula is C14H13BrN4. The Balaban J connectivity index is 2.18. The van der Waals surface area contributed by atoms with Gasteiger partial charge in [-0.3, -0.25) is 0 Å². The van der Waals surface area contributed by atoms with Crippen LogP contribution >= 0.6 is 15.9 Å². The van der Waals surface area contributed by atoms with Crippen molar-refractivity contribution in [1.29, 1.82) is 5.26 Å². The summed E-state index contributed by atoms with van der Waals surface area (Å²) in [6.45, 7) is 0.717. The first-order valence-corrected chi connectivity index (χ1v) is 6.51. The van der Waals surface area contributed by atoms with Crippen molar-refractivity contribution in [2.75, 3.05) is 17.7 Å². The predicted molar refractivity (Wildman–Crippen MR) is 79.6 cm³/mol. The predicted octanol–water partition coefficient (Wildman–Crippen LogP) is 2.93. The van der Waals surface area contributed by atoms with E-state index in [1.165, 1.54) is 5.56 Å². The van der Waals surface area contributed by atoms with E-state index in [4.69, 9.17) is 11.0 Å². The number of halogens is 1. The number of nitrogen functional groups attached to an aromatic ring is 1. The van der Waals surface area contributed by atoms with Gasteiger partial charge in [0.15, 0.2) is 5.69 Å². The van der Waals surface area contributed by atoms with E-state index >= 15 is 0 Å². The van der Waals surface area contributed by atoms with Crippen LogP contribution in [-0.2, 0) is 6.54 Å². The zero-order chi connectivity index (χ0) is 13.8. The second-order valence-electron chi connectivity index (χ2n) is 4.20. The molecule has 0 aliphatic rings. The quantitative estimate of drug-likeness (QED) is 0.945. The van der Waals surface area contributed by atoms with Crippen LogP contribution < -0.4 is 10.6 Å². The lowest BCUT2D eigenvalue weighted by atomic mass is 10.2. The molecule has 0 aliphatic heterocycles. The van der Waals surface area contributed by atoms with Gasteiger partial charge in [0.25, 0.3) is 0 Å². The molecule has 1 aromatic carbocycles. The van der Waals surface area contributed by atoms with Crippen molar-refractivity contribution in [3.63, 3.8) is 0 Å². The van der Waals surface area contributed by atoms with Gasteiger partial charge in [-0.25, -0.2) is 4.98 Å². The topological polar surface area (TPSA) is 65.9 Å². The van der Waals surface area contributed by atoms with Crippen LogP contribution in [0, 0.1) is 11.3 Å². The van der Waals surface area contributed by atoms with Crippen LogP contribution in [0.3, 0.4) is 0 Å². The first-order chi connectivity index (χ1) is 9.10. The van der Waals surface area contributed by atoms with Gasteiger partial charge in [-0.05, 0) is 29.8 Å². The molecule has 0 aliphatic carbocycles. The van der Waals surface area contributed by atoms with E-state index < -0.39 is 0 Å². The summed E-state index contributed by atoms with van der Waals surface area (Å²) in [5.74, 6) is 0.730. The van der Waals surface area contributed by atoms with E-state index in [2.05, 4.69) is 20.9 Å². The average Bonchev–Trinajstić information content (AvgIpc) is 2.42. The van der Waals surface area contributed by atoms with Gasteiger partial charge >= 0.3 is 0 Å². The lowest BCUT2D eigenvalue weighted by Gasteiger charge is -2.18. The highest BCUT2D eigenvalue weighted by Gasteiger charge is 2.07. The standard InChI is InChI=1S/C14H13BrN4/c1-19(9-10-2-4-11(15)5-3-10)14-7-6-12(17)13(8-16)18-14/h2-7H,9,17H2,1H3. The van der Waals surface area contributed by atoms with Crippen LogP contribution in [0.4, 0.5) is 11.5 Å². The molecule has 19 heavy (non-hydrogen) atoms. The highest BCUT2D eigenvalue weighted by molar-refractivity contribution is 9.10. The van der Waals surface area contributed by atoms with Crippen LogP contribution in [0.2, 0.25) is 0 Å². The summed E-state index contributed by atoms with van der Waals surface area (Å²) in [7, 11) is 1.93. The number of nitrogens with zero attached hydrogens (tertiary/aromatic N) is 3. The van der Waals surface area contributed by atoms with Gasteiger partial charge in [-0.2, -0.15) is 5.26 Å². The van der Waals surface area contributed by atoms with Crippen molar-refractivity contribution in [2.45, 2.75) is 6.54 Å². The number of nitriles is 1. The Kier molecular flexibility index (Phi) is 4.03. The summed E-state index contributed by atoms with van der Waals surface area (Å²) in [6.07, 6.45) is 0. The Bertz CT molecular complexity index is 616. The molecule has 0 radical (unpaired) electrons. The molecule has 0 amide bonds. The van der Waals surface area contributed by atoms with Crippen LogP contribution in [-0.4, -0.2) is 12.0 Å². The summed E-state index contributed by atoms with van der Waals surface area (Å²) >= 11 is 3.41. The molecule has 2 aromatic rings. The fourth-order valence-corrected chi connectivity index (χ4v) is 1.97. The lowest BCUT2D eigenvalue weighted by Crippen LogP contribution is -2.18. The highest BCUT2D eigenvalue weighted by atomic mass is 79.9. The van der Waals surface area contributed by atoms with Crippen LogP contribution in [0.25, 0.3) is 0 Å². The van der Waals surface area contributed by atoms with E-state index in [0.717, 1.165) is 16.8 Å². The molecule has 0 fully saturated rings. The number of benzene rings is 1. The first-order valence-electron chi connectivity index (χ1n) is 5.72. The maximum Gasteiger partial charge on any atom is 0.165 e. The van der Waals surface area contributed by atoms with E-state index in [1.807, 2.05) is 48.3 Å². The van der Waals surface area contributed by atoms with Crippen molar-refractivity contribution in [3.05, 3.63) is 52.1 Å². The third-order valence-corrected chi connectivity index (χ3v) is 3.27. The van der Waals surface area contributed by atoms with Gasteiger partial charge in [0, 0.05) is 18.1 Å². The van der Waals surface area contributed by atoms with Crippen molar-refractivity contribution in [3.8, 4) is 6.07 Å². The van der Waals surface area contributed by atoms with E-state index in [0.29, 0.717) is 5.69 Å². The SMILES string of the molecule is CN(Cc1ccc(Br)cc1)c1ccc(N)c(C#N)n1. The van der Waals surface area contributed by atoms with Crippen molar-refractivity contribution in [1.82, 2.24) is 4.98 Å². The van der Waals surface area contributed by atoms with E-state index in [9.17, 15) is 0 Å². The molecule has 0 saturated heterocycles. The monoisotopic (exact) mass is 316 g/mol. The number of nitrogens with two attached hydrogens (primary N) is 1. The molecule has 2 rings (SSSR count). The molecule has 4 nitrogen and oxygen atoms in total. The Morgan fingerprint density at radius 2 is 1.95 bits per heavy atom. The molecule has 1 heterocycles.